The number of fused-ring (bicyclic) bond motifs is 1. The minimum Gasteiger partial charge on any atom is -0.309 e. The van der Waals surface area contributed by atoms with Crippen LogP contribution in [0.15, 0.2) is 53.3 Å². The second kappa shape index (κ2) is 6.30. The van der Waals surface area contributed by atoms with Crippen LogP contribution in [0.2, 0.25) is 5.02 Å². The van der Waals surface area contributed by atoms with Crippen molar-refractivity contribution in [2.24, 2.45) is 0 Å². The van der Waals surface area contributed by atoms with Gasteiger partial charge in [0.15, 0.2) is 0 Å². The maximum atomic E-state index is 12.1. The van der Waals surface area contributed by atoms with Crippen LogP contribution >= 0.6 is 11.6 Å². The van der Waals surface area contributed by atoms with Crippen molar-refractivity contribution in [1.29, 1.82) is 0 Å². The van der Waals surface area contributed by atoms with Crippen LogP contribution in [0, 0.1) is 0 Å². The van der Waals surface area contributed by atoms with Crippen molar-refractivity contribution in [3.63, 3.8) is 0 Å². The van der Waals surface area contributed by atoms with E-state index in [1.807, 2.05) is 49.4 Å². The normalized spacial score (nSPS) is 12.5. The molecule has 1 atom stereocenters. The van der Waals surface area contributed by atoms with E-state index in [2.05, 4.69) is 15.3 Å². The summed E-state index contributed by atoms with van der Waals surface area (Å²) in [6.45, 7) is 2.65. The van der Waals surface area contributed by atoms with Crippen LogP contribution in [0.1, 0.15) is 24.4 Å². The highest BCUT2D eigenvalue weighted by Gasteiger charge is 2.10. The van der Waals surface area contributed by atoms with E-state index in [-0.39, 0.29) is 11.6 Å². The molecule has 112 valence electrons. The lowest BCUT2D eigenvalue weighted by molar-refractivity contribution is 0.546. The maximum absolute atomic E-state index is 12.1. The maximum Gasteiger partial charge on any atom is 0.258 e. The summed E-state index contributed by atoms with van der Waals surface area (Å²) in [5.74, 6) is 0.637. The van der Waals surface area contributed by atoms with E-state index >= 15 is 0 Å². The summed E-state index contributed by atoms with van der Waals surface area (Å²) in [4.78, 5) is 19.4. The third-order valence-corrected chi connectivity index (χ3v) is 3.82. The van der Waals surface area contributed by atoms with Crippen molar-refractivity contribution in [3.05, 3.63) is 75.3 Å². The second-order valence-corrected chi connectivity index (χ2v) is 5.63. The largest absolute Gasteiger partial charge is 0.309 e. The first-order valence-corrected chi connectivity index (χ1v) is 7.48. The monoisotopic (exact) mass is 313 g/mol. The summed E-state index contributed by atoms with van der Waals surface area (Å²) in [5.41, 5.74) is 1.72. The van der Waals surface area contributed by atoms with Gasteiger partial charge in [0, 0.05) is 11.6 Å². The van der Waals surface area contributed by atoms with E-state index in [1.54, 1.807) is 6.07 Å². The quantitative estimate of drug-likeness (QED) is 0.776. The Labute approximate surface area is 133 Å². The van der Waals surface area contributed by atoms with Crippen LogP contribution in [-0.2, 0) is 6.54 Å². The predicted octanol–water partition coefficient (Wildman–Crippen LogP) is 3.43. The van der Waals surface area contributed by atoms with Gasteiger partial charge in [-0.05, 0) is 36.8 Å². The Hall–Kier alpha value is -2.17. The molecule has 3 aromatic rings. The molecule has 5 heteroatoms. The van der Waals surface area contributed by atoms with Crippen molar-refractivity contribution in [3.8, 4) is 0 Å². The van der Waals surface area contributed by atoms with Gasteiger partial charge in [-0.1, -0.05) is 35.9 Å². The molecule has 0 fully saturated rings. The van der Waals surface area contributed by atoms with E-state index < -0.39 is 0 Å². The number of nitrogens with zero attached hydrogens (tertiary/aromatic N) is 1. The number of aromatic nitrogens is 2. The minimum absolute atomic E-state index is 0.0621. The van der Waals surface area contributed by atoms with Gasteiger partial charge in [-0.2, -0.15) is 0 Å². The van der Waals surface area contributed by atoms with E-state index in [4.69, 9.17) is 11.6 Å². The summed E-state index contributed by atoms with van der Waals surface area (Å²) in [5, 5.41) is 4.68. The van der Waals surface area contributed by atoms with E-state index in [9.17, 15) is 4.79 Å². The van der Waals surface area contributed by atoms with Crippen LogP contribution in [0.4, 0.5) is 0 Å². The van der Waals surface area contributed by atoms with Crippen LogP contribution in [0.25, 0.3) is 10.9 Å². The molecular formula is C17H16ClN3O. The molecule has 2 N–H and O–H groups in total. The molecule has 4 nitrogen and oxygen atoms in total. The Morgan fingerprint density at radius 3 is 2.68 bits per heavy atom. The summed E-state index contributed by atoms with van der Waals surface area (Å²) in [6.07, 6.45) is 0. The van der Waals surface area contributed by atoms with Crippen LogP contribution in [0.5, 0.6) is 0 Å². The topological polar surface area (TPSA) is 57.8 Å². The van der Waals surface area contributed by atoms with Gasteiger partial charge >= 0.3 is 0 Å². The van der Waals surface area contributed by atoms with Gasteiger partial charge in [-0.15, -0.1) is 0 Å². The minimum atomic E-state index is -0.110. The molecule has 1 aromatic heterocycles. The van der Waals surface area contributed by atoms with Crippen LogP contribution in [-0.4, -0.2) is 9.97 Å². The molecule has 1 heterocycles. The van der Waals surface area contributed by atoms with Gasteiger partial charge in [0.05, 0.1) is 16.9 Å². The van der Waals surface area contributed by atoms with Gasteiger partial charge in [0.2, 0.25) is 0 Å². The van der Waals surface area contributed by atoms with Gasteiger partial charge in [0.25, 0.3) is 5.56 Å². The Morgan fingerprint density at radius 2 is 1.91 bits per heavy atom. The average molecular weight is 314 g/mol. The van der Waals surface area contributed by atoms with E-state index in [0.29, 0.717) is 23.3 Å². The van der Waals surface area contributed by atoms with E-state index in [0.717, 1.165) is 10.6 Å². The van der Waals surface area contributed by atoms with Crippen molar-refractivity contribution in [2.75, 3.05) is 0 Å². The zero-order chi connectivity index (χ0) is 15.5. The van der Waals surface area contributed by atoms with Crippen LogP contribution in [0.3, 0.4) is 0 Å². The molecule has 0 amide bonds. The third kappa shape index (κ3) is 3.18. The molecule has 0 bridgehead atoms. The highest BCUT2D eigenvalue weighted by atomic mass is 35.5. The molecule has 0 aliphatic heterocycles. The van der Waals surface area contributed by atoms with Gasteiger partial charge < -0.3 is 10.3 Å². The zero-order valence-corrected chi connectivity index (χ0v) is 12.9. The predicted molar refractivity (Wildman–Crippen MR) is 89.1 cm³/mol. The molecule has 0 aliphatic rings. The molecular weight excluding hydrogens is 298 g/mol. The number of hydrogen-bond acceptors (Lipinski definition) is 3. The number of rotatable bonds is 4. The van der Waals surface area contributed by atoms with Crippen LogP contribution < -0.4 is 10.9 Å². The standard InChI is InChI=1S/C17H16ClN3O/c1-11(19-10-12-6-8-13(18)9-7-12)16-20-15-5-3-2-4-14(15)17(22)21-16/h2-9,11,19H,10H2,1H3,(H,20,21,22)/t11-/m0/s1. The molecule has 0 spiro atoms. The second-order valence-electron chi connectivity index (χ2n) is 5.20. The number of benzene rings is 2. The third-order valence-electron chi connectivity index (χ3n) is 3.57. The first-order valence-electron chi connectivity index (χ1n) is 7.10. The summed E-state index contributed by atoms with van der Waals surface area (Å²) in [7, 11) is 0. The number of halogens is 1. The molecule has 3 rings (SSSR count). The van der Waals surface area contributed by atoms with E-state index in [1.165, 1.54) is 0 Å². The number of nitrogens with one attached hydrogen (secondary N) is 2. The summed E-state index contributed by atoms with van der Waals surface area (Å²) < 4.78 is 0. The van der Waals surface area contributed by atoms with Crippen molar-refractivity contribution in [2.45, 2.75) is 19.5 Å². The molecule has 22 heavy (non-hydrogen) atoms. The Balaban J connectivity index is 1.78. The highest BCUT2D eigenvalue weighted by Crippen LogP contribution is 2.13. The lowest BCUT2D eigenvalue weighted by Gasteiger charge is -2.13. The SMILES string of the molecule is C[C@H](NCc1ccc(Cl)cc1)c1nc2ccccc2c(=O)[nH]1. The molecule has 0 aliphatic carbocycles. The fraction of sp³-hybridized carbons (Fsp3) is 0.176. The Bertz CT molecular complexity index is 842. The Kier molecular flexibility index (Phi) is 4.22. The molecule has 2 aromatic carbocycles. The fourth-order valence-corrected chi connectivity index (χ4v) is 2.41. The van der Waals surface area contributed by atoms with Gasteiger partial charge in [0.1, 0.15) is 5.82 Å². The first kappa shape index (κ1) is 14.8. The fourth-order valence-electron chi connectivity index (χ4n) is 2.28. The summed E-state index contributed by atoms with van der Waals surface area (Å²) >= 11 is 5.87. The number of para-hydroxylation sites is 1. The lowest BCUT2D eigenvalue weighted by atomic mass is 10.2. The molecule has 0 saturated carbocycles. The average Bonchev–Trinajstić information content (AvgIpc) is 2.54. The van der Waals surface area contributed by atoms with Crippen molar-refractivity contribution >= 4 is 22.5 Å². The summed E-state index contributed by atoms with van der Waals surface area (Å²) in [6, 6.07) is 14.9. The number of hydrogen-bond donors (Lipinski definition) is 2. The number of aromatic amines is 1. The first-order chi connectivity index (χ1) is 10.6. The number of H-pyrrole nitrogens is 1. The smallest absolute Gasteiger partial charge is 0.258 e. The highest BCUT2D eigenvalue weighted by molar-refractivity contribution is 6.30. The molecule has 0 radical (unpaired) electrons. The van der Waals surface area contributed by atoms with Gasteiger partial charge in [-0.25, -0.2) is 4.98 Å². The molecule has 0 saturated heterocycles. The molecule has 0 unspecified atom stereocenters. The van der Waals surface area contributed by atoms with Crippen molar-refractivity contribution in [1.82, 2.24) is 15.3 Å². The van der Waals surface area contributed by atoms with Gasteiger partial charge in [-0.3, -0.25) is 4.79 Å². The van der Waals surface area contributed by atoms with Crippen molar-refractivity contribution < 1.29 is 0 Å². The zero-order valence-electron chi connectivity index (χ0n) is 12.1. The lowest BCUT2D eigenvalue weighted by Crippen LogP contribution is -2.23. The Morgan fingerprint density at radius 1 is 1.18 bits per heavy atom.